The van der Waals surface area contributed by atoms with Crippen molar-refractivity contribution < 1.29 is 14.3 Å². The maximum absolute atomic E-state index is 12.5. The smallest absolute Gasteiger partial charge is 0.234 e. The first-order chi connectivity index (χ1) is 12.4. The average molecular weight is 357 g/mol. The van der Waals surface area contributed by atoms with Crippen LogP contribution in [-0.2, 0) is 4.79 Å². The van der Waals surface area contributed by atoms with Crippen LogP contribution >= 0.6 is 0 Å². The van der Waals surface area contributed by atoms with Gasteiger partial charge in [0.25, 0.3) is 0 Å². The standard InChI is InChI=1S/C23H32O3/c1-6-7-8-9-10-11-12-26-19-14-16(4)21-18(20(19)15(2)3)13-17(5)22(24)23(21)25/h13-15H,6-12H2,1-5H3. The number of fused-ring (bicyclic) bond motifs is 1. The van der Waals surface area contributed by atoms with Gasteiger partial charge < -0.3 is 4.74 Å². The monoisotopic (exact) mass is 356 g/mol. The minimum absolute atomic E-state index is 0.217. The van der Waals surface area contributed by atoms with Gasteiger partial charge in [-0.1, -0.05) is 52.9 Å². The predicted molar refractivity (Wildman–Crippen MR) is 107 cm³/mol. The van der Waals surface area contributed by atoms with E-state index in [1.54, 1.807) is 6.92 Å². The Morgan fingerprint density at radius 3 is 2.27 bits per heavy atom. The number of allylic oxidation sites excluding steroid dienone is 1. The molecule has 0 fully saturated rings. The Kier molecular flexibility index (Phi) is 7.19. The molecular weight excluding hydrogens is 324 g/mol. The normalized spacial score (nSPS) is 13.8. The van der Waals surface area contributed by atoms with Crippen LogP contribution in [0, 0.1) is 6.92 Å². The molecule has 0 heterocycles. The van der Waals surface area contributed by atoms with Gasteiger partial charge in [0.05, 0.1) is 6.61 Å². The second-order valence-electron chi connectivity index (χ2n) is 7.65. The van der Waals surface area contributed by atoms with E-state index in [0.29, 0.717) is 17.7 Å². The van der Waals surface area contributed by atoms with E-state index in [0.717, 1.165) is 28.9 Å². The van der Waals surface area contributed by atoms with Gasteiger partial charge in [0.15, 0.2) is 0 Å². The molecule has 0 saturated carbocycles. The van der Waals surface area contributed by atoms with E-state index in [4.69, 9.17) is 4.74 Å². The summed E-state index contributed by atoms with van der Waals surface area (Å²) in [6.07, 6.45) is 9.22. The molecule has 0 amide bonds. The van der Waals surface area contributed by atoms with Crippen molar-refractivity contribution in [3.05, 3.63) is 33.9 Å². The van der Waals surface area contributed by atoms with Crippen LogP contribution in [0.3, 0.4) is 0 Å². The van der Waals surface area contributed by atoms with E-state index in [9.17, 15) is 9.59 Å². The minimum atomic E-state index is -0.393. The van der Waals surface area contributed by atoms with Crippen LogP contribution in [0.15, 0.2) is 11.6 Å². The van der Waals surface area contributed by atoms with Crippen LogP contribution in [0.25, 0.3) is 6.08 Å². The molecular formula is C23H32O3. The Bertz CT molecular complexity index is 711. The third-order valence-electron chi connectivity index (χ3n) is 5.05. The number of ether oxygens (including phenoxy) is 1. The number of carbonyl (C=O) groups is 2. The second-order valence-corrected chi connectivity index (χ2v) is 7.65. The first-order valence-electron chi connectivity index (χ1n) is 9.96. The number of ketones is 2. The molecule has 3 heteroatoms. The molecule has 0 N–H and O–H groups in total. The largest absolute Gasteiger partial charge is 0.493 e. The number of Topliss-reactive ketones (excluding diaryl/α,β-unsaturated/α-hetero) is 2. The van der Waals surface area contributed by atoms with Crippen molar-refractivity contribution >= 4 is 17.6 Å². The Balaban J connectivity index is 2.21. The Labute approximate surface area is 157 Å². The molecule has 1 aromatic rings. The molecule has 0 bridgehead atoms. The minimum Gasteiger partial charge on any atom is -0.493 e. The van der Waals surface area contributed by atoms with Gasteiger partial charge in [0.2, 0.25) is 11.6 Å². The number of carbonyl (C=O) groups excluding carboxylic acids is 2. The first-order valence-corrected chi connectivity index (χ1v) is 9.96. The summed E-state index contributed by atoms with van der Waals surface area (Å²) in [5.41, 5.74) is 3.80. The van der Waals surface area contributed by atoms with Crippen molar-refractivity contribution in [2.75, 3.05) is 6.61 Å². The fourth-order valence-corrected chi connectivity index (χ4v) is 3.63. The lowest BCUT2D eigenvalue weighted by Crippen LogP contribution is -2.23. The number of hydrogen-bond acceptors (Lipinski definition) is 3. The van der Waals surface area contributed by atoms with E-state index in [1.165, 1.54) is 32.1 Å². The Morgan fingerprint density at radius 2 is 1.62 bits per heavy atom. The van der Waals surface area contributed by atoms with Crippen LogP contribution in [0.1, 0.15) is 99.2 Å². The molecule has 0 spiro atoms. The third-order valence-corrected chi connectivity index (χ3v) is 5.05. The maximum Gasteiger partial charge on any atom is 0.234 e. The molecule has 0 aromatic heterocycles. The zero-order valence-corrected chi connectivity index (χ0v) is 16.9. The quantitative estimate of drug-likeness (QED) is 0.401. The van der Waals surface area contributed by atoms with Gasteiger partial charge in [-0.2, -0.15) is 0 Å². The third kappa shape index (κ3) is 4.44. The number of hydrogen-bond donors (Lipinski definition) is 0. The predicted octanol–water partition coefficient (Wildman–Crippen LogP) is 6.03. The summed E-state index contributed by atoms with van der Waals surface area (Å²) in [5.74, 6) is 0.294. The fourth-order valence-electron chi connectivity index (χ4n) is 3.63. The number of benzene rings is 1. The van der Waals surface area contributed by atoms with E-state index in [1.807, 2.05) is 19.1 Å². The van der Waals surface area contributed by atoms with Gasteiger partial charge in [0.1, 0.15) is 5.75 Å². The molecule has 0 radical (unpaired) electrons. The lowest BCUT2D eigenvalue weighted by atomic mass is 9.82. The average Bonchev–Trinajstić information content (AvgIpc) is 2.58. The first kappa shape index (κ1) is 20.4. The number of unbranched alkanes of at least 4 members (excludes halogenated alkanes) is 5. The fraction of sp³-hybridized carbons (Fsp3) is 0.565. The highest BCUT2D eigenvalue weighted by molar-refractivity contribution is 6.52. The molecule has 26 heavy (non-hydrogen) atoms. The number of aryl methyl sites for hydroxylation is 1. The molecule has 1 aliphatic carbocycles. The summed E-state index contributed by atoms with van der Waals surface area (Å²) in [5, 5.41) is 0. The van der Waals surface area contributed by atoms with Crippen molar-refractivity contribution in [2.45, 2.75) is 79.1 Å². The van der Waals surface area contributed by atoms with Crippen LogP contribution in [0.2, 0.25) is 0 Å². The van der Waals surface area contributed by atoms with Gasteiger partial charge >= 0.3 is 0 Å². The van der Waals surface area contributed by atoms with Gasteiger partial charge in [0, 0.05) is 16.7 Å². The summed E-state index contributed by atoms with van der Waals surface area (Å²) >= 11 is 0. The van der Waals surface area contributed by atoms with E-state index in [-0.39, 0.29) is 11.7 Å². The molecule has 0 unspecified atom stereocenters. The van der Waals surface area contributed by atoms with Gasteiger partial charge in [-0.15, -0.1) is 0 Å². The zero-order chi connectivity index (χ0) is 19.3. The molecule has 1 aliphatic rings. The molecule has 2 rings (SSSR count). The van der Waals surface area contributed by atoms with Gasteiger partial charge in [-0.25, -0.2) is 0 Å². The Morgan fingerprint density at radius 1 is 0.962 bits per heavy atom. The van der Waals surface area contributed by atoms with Crippen molar-refractivity contribution in [3.63, 3.8) is 0 Å². The highest BCUT2D eigenvalue weighted by Gasteiger charge is 2.30. The van der Waals surface area contributed by atoms with E-state index >= 15 is 0 Å². The van der Waals surface area contributed by atoms with Gasteiger partial charge in [-0.3, -0.25) is 9.59 Å². The van der Waals surface area contributed by atoms with Crippen molar-refractivity contribution in [1.29, 1.82) is 0 Å². The molecule has 1 aromatic carbocycles. The Hall–Kier alpha value is -1.90. The van der Waals surface area contributed by atoms with Crippen LogP contribution in [0.4, 0.5) is 0 Å². The summed E-state index contributed by atoms with van der Waals surface area (Å²) in [6.45, 7) is 10.7. The number of rotatable bonds is 9. The van der Waals surface area contributed by atoms with E-state index in [2.05, 4.69) is 20.8 Å². The SMILES string of the molecule is CCCCCCCCOc1cc(C)c2c(c1C(C)C)C=C(C)C(=O)C2=O. The highest BCUT2D eigenvalue weighted by Crippen LogP contribution is 2.38. The summed E-state index contributed by atoms with van der Waals surface area (Å²) < 4.78 is 6.12. The topological polar surface area (TPSA) is 43.4 Å². The molecule has 0 saturated heterocycles. The summed E-state index contributed by atoms with van der Waals surface area (Å²) in [7, 11) is 0. The van der Waals surface area contributed by atoms with Crippen LogP contribution < -0.4 is 4.74 Å². The van der Waals surface area contributed by atoms with Crippen LogP contribution in [0.5, 0.6) is 5.75 Å². The summed E-state index contributed by atoms with van der Waals surface area (Å²) in [4.78, 5) is 24.6. The van der Waals surface area contributed by atoms with E-state index < -0.39 is 5.78 Å². The molecule has 0 aliphatic heterocycles. The lowest BCUT2D eigenvalue weighted by Gasteiger charge is -2.23. The molecule has 142 valence electrons. The maximum atomic E-state index is 12.5. The van der Waals surface area contributed by atoms with Crippen molar-refractivity contribution in [1.82, 2.24) is 0 Å². The molecule has 0 atom stereocenters. The summed E-state index contributed by atoms with van der Waals surface area (Å²) in [6, 6.07) is 1.94. The van der Waals surface area contributed by atoms with Crippen molar-refractivity contribution in [2.24, 2.45) is 0 Å². The zero-order valence-electron chi connectivity index (χ0n) is 16.9. The second kappa shape index (κ2) is 9.16. The van der Waals surface area contributed by atoms with Crippen LogP contribution in [-0.4, -0.2) is 18.2 Å². The van der Waals surface area contributed by atoms with Gasteiger partial charge in [-0.05, 0) is 49.5 Å². The highest BCUT2D eigenvalue weighted by atomic mass is 16.5. The molecule has 3 nitrogen and oxygen atoms in total. The lowest BCUT2D eigenvalue weighted by molar-refractivity contribution is -0.111. The van der Waals surface area contributed by atoms with Crippen molar-refractivity contribution in [3.8, 4) is 5.75 Å².